The lowest BCUT2D eigenvalue weighted by Gasteiger charge is -2.28. The average Bonchev–Trinajstić information content (AvgIpc) is 3.18. The Kier molecular flexibility index (Phi) is 4.93. The molecule has 1 fully saturated rings. The number of fused-ring (bicyclic) bond motifs is 2. The molecule has 7 heteroatoms. The normalized spacial score (nSPS) is 18.4. The van der Waals surface area contributed by atoms with Crippen molar-refractivity contribution in [3.8, 4) is 5.75 Å². The average molecular weight is 437 g/mol. The monoisotopic (exact) mass is 436 g/mol. The Balaban J connectivity index is 1.49. The van der Waals surface area contributed by atoms with Crippen molar-refractivity contribution in [1.82, 2.24) is 9.71 Å². The molecule has 0 aliphatic heterocycles. The second-order valence-electron chi connectivity index (χ2n) is 8.26. The van der Waals surface area contributed by atoms with Crippen LogP contribution in [0.15, 0.2) is 53.6 Å². The number of ether oxygens (including phenoxy) is 1. The number of benzene rings is 2. The number of carbonyl (C=O) groups excluding carboxylic acids is 1. The van der Waals surface area contributed by atoms with Gasteiger partial charge in [0.15, 0.2) is 0 Å². The van der Waals surface area contributed by atoms with Crippen molar-refractivity contribution in [2.24, 2.45) is 0 Å². The van der Waals surface area contributed by atoms with Gasteiger partial charge in [-0.15, -0.1) is 0 Å². The molecule has 1 N–H and O–H groups in total. The van der Waals surface area contributed by atoms with Gasteiger partial charge in [-0.3, -0.25) is 9.78 Å². The minimum absolute atomic E-state index is 0.0554. The van der Waals surface area contributed by atoms with Gasteiger partial charge >= 0.3 is 0 Å². The Labute approximate surface area is 181 Å². The first-order chi connectivity index (χ1) is 15.0. The summed E-state index contributed by atoms with van der Waals surface area (Å²) in [6.07, 6.45) is 6.51. The minimum atomic E-state index is -4.05. The van der Waals surface area contributed by atoms with E-state index in [0.29, 0.717) is 29.0 Å². The Morgan fingerprint density at radius 2 is 1.94 bits per heavy atom. The van der Waals surface area contributed by atoms with Crippen molar-refractivity contribution in [2.45, 2.75) is 48.8 Å². The lowest BCUT2D eigenvalue weighted by atomic mass is 9.77. The van der Waals surface area contributed by atoms with Crippen molar-refractivity contribution in [2.75, 3.05) is 7.11 Å². The van der Waals surface area contributed by atoms with Gasteiger partial charge in [-0.2, -0.15) is 0 Å². The molecule has 6 nitrogen and oxygen atoms in total. The van der Waals surface area contributed by atoms with Crippen LogP contribution in [0.1, 0.15) is 54.2 Å². The van der Waals surface area contributed by atoms with Crippen LogP contribution in [0.25, 0.3) is 10.9 Å². The van der Waals surface area contributed by atoms with E-state index in [4.69, 9.17) is 4.74 Å². The predicted molar refractivity (Wildman–Crippen MR) is 118 cm³/mol. The van der Waals surface area contributed by atoms with Crippen molar-refractivity contribution in [3.63, 3.8) is 0 Å². The summed E-state index contributed by atoms with van der Waals surface area (Å²) in [4.78, 5) is 17.5. The molecule has 3 aromatic rings. The summed E-state index contributed by atoms with van der Waals surface area (Å²) in [5.74, 6) is 0.132. The van der Waals surface area contributed by atoms with E-state index in [1.54, 1.807) is 37.6 Å². The van der Waals surface area contributed by atoms with Gasteiger partial charge in [0.25, 0.3) is 10.0 Å². The first-order valence-electron chi connectivity index (χ1n) is 10.6. The summed E-state index contributed by atoms with van der Waals surface area (Å²) in [6, 6.07) is 12.3. The van der Waals surface area contributed by atoms with Crippen molar-refractivity contribution >= 4 is 26.8 Å². The molecule has 1 heterocycles. The molecule has 0 bridgehead atoms. The molecule has 5 rings (SSSR count). The summed E-state index contributed by atoms with van der Waals surface area (Å²) in [6.45, 7) is 0. The first kappa shape index (κ1) is 20.0. The Morgan fingerprint density at radius 1 is 1.10 bits per heavy atom. The van der Waals surface area contributed by atoms with Crippen LogP contribution in [0, 0.1) is 0 Å². The fraction of sp³-hybridized carbons (Fsp3) is 0.333. The third-order valence-electron chi connectivity index (χ3n) is 6.60. The van der Waals surface area contributed by atoms with Gasteiger partial charge in [0, 0.05) is 17.1 Å². The lowest BCUT2D eigenvalue weighted by Crippen LogP contribution is -2.34. The highest BCUT2D eigenvalue weighted by atomic mass is 32.2. The topological polar surface area (TPSA) is 85.4 Å². The highest BCUT2D eigenvalue weighted by molar-refractivity contribution is 7.90. The smallest absolute Gasteiger partial charge is 0.264 e. The molecule has 1 saturated carbocycles. The number of nitrogens with one attached hydrogen (secondary N) is 1. The largest absolute Gasteiger partial charge is 0.496 e. The molecule has 0 spiro atoms. The standard InChI is InChI=1S/C24H24N2O4S/c1-30-21-13-12-16(15-5-2-6-15)17-10-11-19(23(17)21)24(27)26-31(28,29)22-9-3-8-20-18(22)7-4-14-25-20/h3-4,7-9,12-15,19H,2,5-6,10-11H2,1H3,(H,26,27)/t19-/m0/s1. The number of methoxy groups -OCH3 is 1. The summed E-state index contributed by atoms with van der Waals surface area (Å²) in [5, 5.41) is 0.488. The molecule has 2 aliphatic carbocycles. The zero-order chi connectivity index (χ0) is 21.6. The van der Waals surface area contributed by atoms with Gasteiger partial charge < -0.3 is 4.74 Å². The summed E-state index contributed by atoms with van der Waals surface area (Å²) in [5.41, 5.74) is 3.87. The number of rotatable bonds is 5. The molecule has 0 saturated heterocycles. The molecule has 1 atom stereocenters. The first-order valence-corrected chi connectivity index (χ1v) is 12.1. The van der Waals surface area contributed by atoms with Crippen LogP contribution in [-0.4, -0.2) is 26.4 Å². The van der Waals surface area contributed by atoms with E-state index in [2.05, 4.69) is 15.8 Å². The van der Waals surface area contributed by atoms with E-state index in [-0.39, 0.29) is 4.90 Å². The Morgan fingerprint density at radius 3 is 2.68 bits per heavy atom. The third kappa shape index (κ3) is 3.37. The fourth-order valence-electron chi connectivity index (χ4n) is 4.86. The summed E-state index contributed by atoms with van der Waals surface area (Å²) >= 11 is 0. The fourth-order valence-corrected chi connectivity index (χ4v) is 6.10. The Bertz CT molecular complexity index is 1280. The van der Waals surface area contributed by atoms with Crippen molar-refractivity contribution in [1.29, 1.82) is 0 Å². The summed E-state index contributed by atoms with van der Waals surface area (Å²) < 4.78 is 34.1. The number of nitrogens with zero attached hydrogens (tertiary/aromatic N) is 1. The van der Waals surface area contributed by atoms with Gasteiger partial charge in [0.2, 0.25) is 5.91 Å². The van der Waals surface area contributed by atoms with Crippen LogP contribution in [0.2, 0.25) is 0 Å². The molecule has 2 aromatic carbocycles. The predicted octanol–water partition coefficient (Wildman–Crippen LogP) is 4.05. The maximum absolute atomic E-state index is 13.2. The number of hydrogen-bond donors (Lipinski definition) is 1. The molecule has 1 aromatic heterocycles. The van der Waals surface area contributed by atoms with Crippen LogP contribution in [0.4, 0.5) is 0 Å². The molecule has 31 heavy (non-hydrogen) atoms. The molecule has 160 valence electrons. The van der Waals surface area contributed by atoms with Crippen LogP contribution >= 0.6 is 0 Å². The number of hydrogen-bond acceptors (Lipinski definition) is 5. The van der Waals surface area contributed by atoms with E-state index in [0.717, 1.165) is 17.5 Å². The zero-order valence-corrected chi connectivity index (χ0v) is 18.1. The van der Waals surface area contributed by atoms with E-state index in [9.17, 15) is 13.2 Å². The number of pyridine rings is 1. The second-order valence-corrected chi connectivity index (χ2v) is 9.92. The van der Waals surface area contributed by atoms with Crippen molar-refractivity contribution < 1.29 is 17.9 Å². The summed E-state index contributed by atoms with van der Waals surface area (Å²) in [7, 11) is -2.46. The third-order valence-corrected chi connectivity index (χ3v) is 8.00. The van der Waals surface area contributed by atoms with Gasteiger partial charge in [-0.25, -0.2) is 13.1 Å². The van der Waals surface area contributed by atoms with Gasteiger partial charge in [0.1, 0.15) is 5.75 Å². The number of amides is 1. The number of sulfonamides is 1. The van der Waals surface area contributed by atoms with Crippen LogP contribution in [0.3, 0.4) is 0 Å². The molecule has 0 radical (unpaired) electrons. The van der Waals surface area contributed by atoms with E-state index >= 15 is 0 Å². The molecule has 1 amide bonds. The number of carbonyl (C=O) groups is 1. The number of aromatic nitrogens is 1. The quantitative estimate of drug-likeness (QED) is 0.652. The van der Waals surface area contributed by atoms with Gasteiger partial charge in [-0.05, 0) is 73.1 Å². The molecular weight excluding hydrogens is 412 g/mol. The van der Waals surface area contributed by atoms with E-state index < -0.39 is 21.8 Å². The van der Waals surface area contributed by atoms with Crippen LogP contribution in [0.5, 0.6) is 5.75 Å². The molecule has 2 aliphatic rings. The van der Waals surface area contributed by atoms with Crippen molar-refractivity contribution in [3.05, 3.63) is 65.4 Å². The minimum Gasteiger partial charge on any atom is -0.496 e. The molecular formula is C24H24N2O4S. The highest BCUT2D eigenvalue weighted by Crippen LogP contribution is 2.47. The van der Waals surface area contributed by atoms with Crippen LogP contribution < -0.4 is 9.46 Å². The Hall–Kier alpha value is -2.93. The SMILES string of the molecule is COc1ccc(C2CCC2)c2c1[C@@H](C(=O)NS(=O)(=O)c1cccc3ncccc13)CC2. The lowest BCUT2D eigenvalue weighted by molar-refractivity contribution is -0.120. The highest BCUT2D eigenvalue weighted by Gasteiger charge is 2.37. The van der Waals surface area contributed by atoms with E-state index in [1.807, 2.05) is 6.07 Å². The van der Waals surface area contributed by atoms with Gasteiger partial charge in [0.05, 0.1) is 23.4 Å². The maximum atomic E-state index is 13.2. The van der Waals surface area contributed by atoms with Crippen LogP contribution in [-0.2, 0) is 21.2 Å². The maximum Gasteiger partial charge on any atom is 0.264 e. The zero-order valence-electron chi connectivity index (χ0n) is 17.3. The van der Waals surface area contributed by atoms with Gasteiger partial charge in [-0.1, -0.05) is 18.6 Å². The second kappa shape index (κ2) is 7.64. The molecule has 0 unspecified atom stereocenters. The van der Waals surface area contributed by atoms with E-state index in [1.165, 1.54) is 30.9 Å².